The van der Waals surface area contributed by atoms with Crippen molar-refractivity contribution in [3.05, 3.63) is 27.3 Å². The van der Waals surface area contributed by atoms with E-state index in [0.717, 1.165) is 9.13 Å². The maximum absolute atomic E-state index is 11.8. The minimum Gasteiger partial charge on any atom is -0.324 e. The van der Waals surface area contributed by atoms with Gasteiger partial charge in [0.2, 0.25) is 0 Å². The standard InChI is InChI=1S/C9H10INO2S/c10-7-3-1-2-6-8(11)4-5-14(12,13)9(6)7/h1-3,8H,4-5,11H2/t8-/m1/s1. The molecule has 3 nitrogen and oxygen atoms in total. The Kier molecular flexibility index (Phi) is 2.57. The molecule has 1 heterocycles. The molecule has 0 radical (unpaired) electrons. The van der Waals surface area contributed by atoms with Gasteiger partial charge in [-0.05, 0) is 40.6 Å². The minimum atomic E-state index is -3.09. The number of benzene rings is 1. The van der Waals surface area contributed by atoms with E-state index in [1.54, 1.807) is 12.1 Å². The molecule has 1 aromatic carbocycles. The van der Waals surface area contributed by atoms with Crippen molar-refractivity contribution < 1.29 is 8.42 Å². The van der Waals surface area contributed by atoms with Crippen LogP contribution >= 0.6 is 22.6 Å². The molecule has 1 aliphatic rings. The number of hydrogen-bond acceptors (Lipinski definition) is 3. The second-order valence-corrected chi connectivity index (χ2v) is 6.58. The van der Waals surface area contributed by atoms with E-state index in [1.807, 2.05) is 28.7 Å². The van der Waals surface area contributed by atoms with Crippen molar-refractivity contribution in [1.82, 2.24) is 0 Å². The van der Waals surface area contributed by atoms with Gasteiger partial charge in [0.1, 0.15) is 0 Å². The van der Waals surface area contributed by atoms with Gasteiger partial charge in [-0.3, -0.25) is 0 Å². The van der Waals surface area contributed by atoms with Crippen molar-refractivity contribution in [2.75, 3.05) is 5.75 Å². The summed E-state index contributed by atoms with van der Waals surface area (Å²) < 4.78 is 24.3. The van der Waals surface area contributed by atoms with Crippen LogP contribution in [0, 0.1) is 3.57 Å². The molecule has 2 N–H and O–H groups in total. The van der Waals surface area contributed by atoms with Gasteiger partial charge in [-0.15, -0.1) is 0 Å². The lowest BCUT2D eigenvalue weighted by molar-refractivity contribution is 0.567. The molecule has 0 aliphatic carbocycles. The Balaban J connectivity index is 2.77. The van der Waals surface area contributed by atoms with E-state index in [0.29, 0.717) is 11.3 Å². The van der Waals surface area contributed by atoms with E-state index < -0.39 is 9.84 Å². The van der Waals surface area contributed by atoms with Crippen LogP contribution in [0.25, 0.3) is 0 Å². The van der Waals surface area contributed by atoms with E-state index in [1.165, 1.54) is 0 Å². The van der Waals surface area contributed by atoms with Crippen LogP contribution in [0.2, 0.25) is 0 Å². The molecular weight excluding hydrogens is 313 g/mol. The van der Waals surface area contributed by atoms with Gasteiger partial charge < -0.3 is 5.73 Å². The molecule has 0 saturated heterocycles. The Morgan fingerprint density at radius 1 is 1.43 bits per heavy atom. The first kappa shape index (κ1) is 10.4. The molecular formula is C9H10INO2S. The summed E-state index contributed by atoms with van der Waals surface area (Å²) in [4.78, 5) is 0.444. The smallest absolute Gasteiger partial charge is 0.179 e. The lowest BCUT2D eigenvalue weighted by atomic mass is 10.1. The lowest BCUT2D eigenvalue weighted by Crippen LogP contribution is -2.25. The van der Waals surface area contributed by atoms with Crippen LogP contribution in [0.1, 0.15) is 18.0 Å². The summed E-state index contributed by atoms with van der Waals surface area (Å²) >= 11 is 2.04. The third kappa shape index (κ3) is 1.57. The van der Waals surface area contributed by atoms with Gasteiger partial charge in [-0.1, -0.05) is 12.1 Å². The quantitative estimate of drug-likeness (QED) is 0.736. The number of hydrogen-bond donors (Lipinski definition) is 1. The summed E-state index contributed by atoms with van der Waals surface area (Å²) in [7, 11) is -3.09. The first-order valence-corrected chi connectivity index (χ1v) is 7.02. The number of sulfone groups is 1. The Morgan fingerprint density at radius 3 is 2.79 bits per heavy atom. The highest BCUT2D eigenvalue weighted by atomic mass is 127. The Bertz CT molecular complexity index is 470. The Labute approximate surface area is 96.7 Å². The number of nitrogens with two attached hydrogens (primary N) is 1. The zero-order valence-corrected chi connectivity index (χ0v) is 10.4. The summed E-state index contributed by atoms with van der Waals surface area (Å²) in [5, 5.41) is 0. The average Bonchev–Trinajstić information content (AvgIpc) is 2.12. The van der Waals surface area contributed by atoms with Gasteiger partial charge in [0.15, 0.2) is 9.84 Å². The summed E-state index contributed by atoms with van der Waals surface area (Å²) in [5.74, 6) is 0.168. The van der Waals surface area contributed by atoms with Crippen LogP contribution in [0.5, 0.6) is 0 Å². The minimum absolute atomic E-state index is 0.136. The van der Waals surface area contributed by atoms with Crippen molar-refractivity contribution in [1.29, 1.82) is 0 Å². The average molecular weight is 323 g/mol. The van der Waals surface area contributed by atoms with Gasteiger partial charge in [0.05, 0.1) is 10.6 Å². The normalized spacial score (nSPS) is 24.3. The highest BCUT2D eigenvalue weighted by molar-refractivity contribution is 14.1. The third-order valence-electron chi connectivity index (χ3n) is 2.41. The van der Waals surface area contributed by atoms with Crippen molar-refractivity contribution in [3.8, 4) is 0 Å². The van der Waals surface area contributed by atoms with E-state index in [-0.39, 0.29) is 11.8 Å². The molecule has 14 heavy (non-hydrogen) atoms. The number of halogens is 1. The second kappa shape index (κ2) is 3.46. The molecule has 1 atom stereocenters. The first-order chi connectivity index (χ1) is 6.52. The van der Waals surface area contributed by atoms with Crippen LogP contribution in [-0.2, 0) is 9.84 Å². The molecule has 0 amide bonds. The monoisotopic (exact) mass is 323 g/mol. The molecule has 1 aromatic rings. The van der Waals surface area contributed by atoms with Crippen LogP contribution in [-0.4, -0.2) is 14.2 Å². The van der Waals surface area contributed by atoms with Crippen LogP contribution in [0.15, 0.2) is 23.1 Å². The van der Waals surface area contributed by atoms with Crippen molar-refractivity contribution in [2.45, 2.75) is 17.4 Å². The molecule has 0 bridgehead atoms. The van der Waals surface area contributed by atoms with Gasteiger partial charge in [0.25, 0.3) is 0 Å². The largest absolute Gasteiger partial charge is 0.324 e. The van der Waals surface area contributed by atoms with Gasteiger partial charge in [-0.25, -0.2) is 8.42 Å². The molecule has 1 aliphatic heterocycles. The Morgan fingerprint density at radius 2 is 2.14 bits per heavy atom. The molecule has 0 unspecified atom stereocenters. The van der Waals surface area contributed by atoms with E-state index in [9.17, 15) is 8.42 Å². The second-order valence-electron chi connectivity index (χ2n) is 3.37. The molecule has 0 aromatic heterocycles. The molecule has 5 heteroatoms. The molecule has 0 saturated carbocycles. The van der Waals surface area contributed by atoms with Gasteiger partial charge in [-0.2, -0.15) is 0 Å². The topological polar surface area (TPSA) is 60.2 Å². The highest BCUT2D eigenvalue weighted by Gasteiger charge is 2.29. The molecule has 2 rings (SSSR count). The summed E-state index contributed by atoms with van der Waals surface area (Å²) in [6.45, 7) is 0. The SMILES string of the molecule is N[C@@H]1CCS(=O)(=O)c2c(I)cccc21. The lowest BCUT2D eigenvalue weighted by Gasteiger charge is -2.22. The van der Waals surface area contributed by atoms with E-state index >= 15 is 0 Å². The predicted molar refractivity (Wildman–Crippen MR) is 62.8 cm³/mol. The summed E-state index contributed by atoms with van der Waals surface area (Å²) in [6, 6.07) is 5.32. The highest BCUT2D eigenvalue weighted by Crippen LogP contribution is 2.33. The fraction of sp³-hybridized carbons (Fsp3) is 0.333. The fourth-order valence-electron chi connectivity index (χ4n) is 1.69. The van der Waals surface area contributed by atoms with E-state index in [2.05, 4.69) is 0 Å². The van der Waals surface area contributed by atoms with Crippen molar-refractivity contribution >= 4 is 32.4 Å². The first-order valence-electron chi connectivity index (χ1n) is 4.29. The predicted octanol–water partition coefficient (Wildman–Crippen LogP) is 1.47. The van der Waals surface area contributed by atoms with Crippen molar-refractivity contribution in [3.63, 3.8) is 0 Å². The summed E-state index contributed by atoms with van der Waals surface area (Å²) in [5.41, 5.74) is 6.64. The maximum Gasteiger partial charge on any atom is 0.179 e. The molecule has 76 valence electrons. The van der Waals surface area contributed by atoms with Crippen LogP contribution in [0.3, 0.4) is 0 Å². The Hall–Kier alpha value is -0.140. The summed E-state index contributed by atoms with van der Waals surface area (Å²) in [6.07, 6.45) is 0.523. The zero-order valence-electron chi connectivity index (χ0n) is 7.40. The number of rotatable bonds is 0. The maximum atomic E-state index is 11.8. The third-order valence-corrected chi connectivity index (χ3v) is 5.52. The fourth-order valence-corrected chi connectivity index (χ4v) is 4.92. The number of fused-ring (bicyclic) bond motifs is 1. The molecule has 0 spiro atoms. The van der Waals surface area contributed by atoms with Gasteiger partial charge >= 0.3 is 0 Å². The van der Waals surface area contributed by atoms with E-state index in [4.69, 9.17) is 5.73 Å². The van der Waals surface area contributed by atoms with Gasteiger partial charge in [0, 0.05) is 9.61 Å². The van der Waals surface area contributed by atoms with Crippen LogP contribution < -0.4 is 5.73 Å². The molecule has 0 fully saturated rings. The zero-order chi connectivity index (χ0) is 10.3. The van der Waals surface area contributed by atoms with Crippen LogP contribution in [0.4, 0.5) is 0 Å². The van der Waals surface area contributed by atoms with Crippen molar-refractivity contribution in [2.24, 2.45) is 5.73 Å².